The molecule has 140 valence electrons. The minimum absolute atomic E-state index is 0.834. The van der Waals surface area contributed by atoms with Crippen molar-refractivity contribution in [1.82, 2.24) is 19.6 Å². The molecule has 1 fully saturated rings. The Morgan fingerprint density at radius 2 is 1.85 bits per heavy atom. The van der Waals surface area contributed by atoms with Crippen molar-refractivity contribution < 1.29 is 0 Å². The van der Waals surface area contributed by atoms with Crippen LogP contribution in [0, 0.1) is 6.92 Å². The molecule has 1 aromatic heterocycles. The minimum atomic E-state index is 0.834. The summed E-state index contributed by atoms with van der Waals surface area (Å²) in [4.78, 5) is 4.77. The average Bonchev–Trinajstić information content (AvgIpc) is 3.02. The minimum Gasteiger partial charge on any atom is -0.346 e. The molecular formula is C20H29N5S. The van der Waals surface area contributed by atoms with Gasteiger partial charge >= 0.3 is 0 Å². The average molecular weight is 372 g/mol. The number of rotatable bonds is 5. The van der Waals surface area contributed by atoms with Crippen molar-refractivity contribution in [1.29, 1.82) is 0 Å². The first-order valence-corrected chi connectivity index (χ1v) is 9.90. The third kappa shape index (κ3) is 4.43. The highest BCUT2D eigenvalue weighted by Gasteiger charge is 2.20. The molecule has 1 saturated heterocycles. The van der Waals surface area contributed by atoms with E-state index in [-0.39, 0.29) is 0 Å². The summed E-state index contributed by atoms with van der Waals surface area (Å²) in [6.45, 7) is 12.3. The molecule has 3 rings (SSSR count). The summed E-state index contributed by atoms with van der Waals surface area (Å²) < 4.78 is 2.02. The first kappa shape index (κ1) is 18.9. The zero-order valence-corrected chi connectivity index (χ0v) is 16.9. The quantitative estimate of drug-likeness (QED) is 0.816. The monoisotopic (exact) mass is 371 g/mol. The summed E-state index contributed by atoms with van der Waals surface area (Å²) in [5.74, 6) is 0. The lowest BCUT2D eigenvalue weighted by molar-refractivity contribution is 0.176. The van der Waals surface area contributed by atoms with E-state index >= 15 is 0 Å². The number of nitrogens with zero attached hydrogens (tertiary/aromatic N) is 4. The second-order valence-electron chi connectivity index (χ2n) is 6.80. The smallest absolute Gasteiger partial charge is 0.173 e. The van der Waals surface area contributed by atoms with Crippen molar-refractivity contribution >= 4 is 23.0 Å². The van der Waals surface area contributed by atoms with Gasteiger partial charge in [0.2, 0.25) is 0 Å². The molecule has 2 heterocycles. The fraction of sp³-hybridized carbons (Fsp3) is 0.500. The van der Waals surface area contributed by atoms with Gasteiger partial charge in [0.25, 0.3) is 0 Å². The number of para-hydroxylation sites is 1. The predicted molar refractivity (Wildman–Crippen MR) is 112 cm³/mol. The highest BCUT2D eigenvalue weighted by atomic mass is 32.1. The van der Waals surface area contributed by atoms with Crippen LogP contribution < -0.4 is 5.32 Å². The molecule has 6 heteroatoms. The Morgan fingerprint density at radius 3 is 2.50 bits per heavy atom. The van der Waals surface area contributed by atoms with E-state index < -0.39 is 0 Å². The van der Waals surface area contributed by atoms with E-state index in [2.05, 4.69) is 71.4 Å². The van der Waals surface area contributed by atoms with E-state index in [1.807, 2.05) is 4.68 Å². The molecule has 1 aliphatic rings. The van der Waals surface area contributed by atoms with Gasteiger partial charge in [-0.05, 0) is 44.1 Å². The molecule has 5 nitrogen and oxygen atoms in total. The predicted octanol–water partition coefficient (Wildman–Crippen LogP) is 3.29. The second-order valence-corrected chi connectivity index (χ2v) is 7.19. The van der Waals surface area contributed by atoms with Crippen LogP contribution in [0.2, 0.25) is 0 Å². The Morgan fingerprint density at radius 1 is 1.12 bits per heavy atom. The van der Waals surface area contributed by atoms with E-state index in [1.54, 1.807) is 0 Å². The summed E-state index contributed by atoms with van der Waals surface area (Å²) in [5.41, 5.74) is 4.91. The van der Waals surface area contributed by atoms with Crippen molar-refractivity contribution in [2.45, 2.75) is 40.3 Å². The number of anilines is 1. The number of benzene rings is 1. The molecule has 2 aromatic rings. The van der Waals surface area contributed by atoms with Gasteiger partial charge in [-0.2, -0.15) is 5.10 Å². The molecule has 0 amide bonds. The zero-order chi connectivity index (χ0) is 18.5. The molecule has 1 N–H and O–H groups in total. The maximum atomic E-state index is 5.65. The van der Waals surface area contributed by atoms with Gasteiger partial charge in [-0.25, -0.2) is 0 Å². The number of thiocarbonyl (C=S) groups is 1. The molecule has 26 heavy (non-hydrogen) atoms. The van der Waals surface area contributed by atoms with E-state index in [1.165, 1.54) is 11.1 Å². The number of aryl methyl sites for hydroxylation is 3. The van der Waals surface area contributed by atoms with Crippen molar-refractivity contribution in [3.63, 3.8) is 0 Å². The molecule has 1 aliphatic heterocycles. The fourth-order valence-electron chi connectivity index (χ4n) is 3.37. The molecule has 1 aromatic carbocycles. The first-order chi connectivity index (χ1) is 12.6. The highest BCUT2D eigenvalue weighted by Crippen LogP contribution is 2.17. The highest BCUT2D eigenvalue weighted by molar-refractivity contribution is 7.80. The van der Waals surface area contributed by atoms with Crippen LogP contribution in [0.25, 0.3) is 0 Å². The van der Waals surface area contributed by atoms with E-state index in [0.717, 1.165) is 62.2 Å². The standard InChI is InChI=1S/C20H29N5S/c1-4-17-8-6-7-9-19(17)21-20(26)24-12-10-23(11-13-24)14-18-15-25(5-2)22-16(18)3/h6-9,15H,4-5,10-14H2,1-3H3,(H,21,26). The number of aromatic nitrogens is 2. The summed E-state index contributed by atoms with van der Waals surface area (Å²) >= 11 is 5.65. The number of hydrogen-bond acceptors (Lipinski definition) is 3. The van der Waals surface area contributed by atoms with Gasteiger partial charge in [0, 0.05) is 56.7 Å². The molecule has 0 atom stereocenters. The Labute approximate surface area is 162 Å². The Hall–Kier alpha value is -1.92. The van der Waals surface area contributed by atoms with Gasteiger partial charge in [0.1, 0.15) is 0 Å². The van der Waals surface area contributed by atoms with Gasteiger partial charge in [-0.1, -0.05) is 25.1 Å². The fourth-order valence-corrected chi connectivity index (χ4v) is 3.66. The van der Waals surface area contributed by atoms with Crippen LogP contribution in [0.5, 0.6) is 0 Å². The van der Waals surface area contributed by atoms with Gasteiger partial charge in [-0.3, -0.25) is 9.58 Å². The first-order valence-electron chi connectivity index (χ1n) is 9.49. The topological polar surface area (TPSA) is 36.3 Å². The van der Waals surface area contributed by atoms with Crippen LogP contribution >= 0.6 is 12.2 Å². The zero-order valence-electron chi connectivity index (χ0n) is 16.0. The molecule has 0 unspecified atom stereocenters. The largest absolute Gasteiger partial charge is 0.346 e. The van der Waals surface area contributed by atoms with Gasteiger partial charge in [0.05, 0.1) is 5.69 Å². The van der Waals surface area contributed by atoms with Crippen LogP contribution in [0.4, 0.5) is 5.69 Å². The molecule has 0 bridgehead atoms. The van der Waals surface area contributed by atoms with Crippen LogP contribution in [0.1, 0.15) is 30.7 Å². The maximum absolute atomic E-state index is 5.65. The van der Waals surface area contributed by atoms with Crippen molar-refractivity contribution in [3.05, 3.63) is 47.3 Å². The van der Waals surface area contributed by atoms with E-state index in [0.29, 0.717) is 0 Å². The summed E-state index contributed by atoms with van der Waals surface area (Å²) in [5, 5.41) is 8.82. The number of piperazine rings is 1. The summed E-state index contributed by atoms with van der Waals surface area (Å²) in [6.07, 6.45) is 3.18. The van der Waals surface area contributed by atoms with Crippen LogP contribution in [0.15, 0.2) is 30.5 Å². The third-order valence-corrected chi connectivity index (χ3v) is 5.43. The SMILES string of the molecule is CCc1ccccc1NC(=S)N1CCN(Cc2cn(CC)nc2C)CC1. The maximum Gasteiger partial charge on any atom is 0.173 e. The Balaban J connectivity index is 1.53. The van der Waals surface area contributed by atoms with Crippen molar-refractivity contribution in [2.24, 2.45) is 0 Å². The molecule has 0 spiro atoms. The number of hydrogen-bond donors (Lipinski definition) is 1. The van der Waals surface area contributed by atoms with Crippen LogP contribution in [-0.4, -0.2) is 50.9 Å². The lowest BCUT2D eigenvalue weighted by atomic mass is 10.1. The van der Waals surface area contributed by atoms with Gasteiger partial charge < -0.3 is 10.2 Å². The van der Waals surface area contributed by atoms with Gasteiger partial charge in [-0.15, -0.1) is 0 Å². The molecular weight excluding hydrogens is 342 g/mol. The van der Waals surface area contributed by atoms with Crippen LogP contribution in [0.3, 0.4) is 0 Å². The Bertz CT molecular complexity index is 746. The van der Waals surface area contributed by atoms with Crippen LogP contribution in [-0.2, 0) is 19.5 Å². The van der Waals surface area contributed by atoms with Gasteiger partial charge in [0.15, 0.2) is 5.11 Å². The Kier molecular flexibility index (Phi) is 6.27. The second kappa shape index (κ2) is 8.64. The lowest BCUT2D eigenvalue weighted by Gasteiger charge is -2.36. The van der Waals surface area contributed by atoms with E-state index in [9.17, 15) is 0 Å². The van der Waals surface area contributed by atoms with Crippen molar-refractivity contribution in [2.75, 3.05) is 31.5 Å². The normalized spacial score (nSPS) is 15.3. The van der Waals surface area contributed by atoms with E-state index in [4.69, 9.17) is 12.2 Å². The van der Waals surface area contributed by atoms with Crippen molar-refractivity contribution in [3.8, 4) is 0 Å². The molecule has 0 aliphatic carbocycles. The molecule has 0 radical (unpaired) electrons. The lowest BCUT2D eigenvalue weighted by Crippen LogP contribution is -2.49. The molecule has 0 saturated carbocycles. The summed E-state index contributed by atoms with van der Waals surface area (Å²) in [6, 6.07) is 8.40. The third-order valence-electron chi connectivity index (χ3n) is 5.07. The summed E-state index contributed by atoms with van der Waals surface area (Å²) in [7, 11) is 0. The number of nitrogens with one attached hydrogen (secondary N) is 1.